The van der Waals surface area contributed by atoms with Crippen LogP contribution in [0.2, 0.25) is 0 Å². The number of hydrogen-bond acceptors (Lipinski definition) is 7. The molecule has 2 aromatic rings. The van der Waals surface area contributed by atoms with Crippen LogP contribution in [0.3, 0.4) is 0 Å². The number of oxime groups is 1. The van der Waals surface area contributed by atoms with Gasteiger partial charge in [0.05, 0.1) is 5.56 Å². The van der Waals surface area contributed by atoms with Gasteiger partial charge in [0.2, 0.25) is 0 Å². The number of aromatic nitrogens is 3. The van der Waals surface area contributed by atoms with Crippen molar-refractivity contribution < 1.29 is 5.21 Å². The molecular weight excluding hydrogens is 294 g/mol. The zero-order chi connectivity index (χ0) is 13.9. The second kappa shape index (κ2) is 5.76. The van der Waals surface area contributed by atoms with Crippen LogP contribution in [0.1, 0.15) is 29.7 Å². The summed E-state index contributed by atoms with van der Waals surface area (Å²) in [5, 5.41) is 12.8. The molecule has 1 aliphatic carbocycles. The third-order valence-corrected chi connectivity index (χ3v) is 4.89. The van der Waals surface area contributed by atoms with E-state index >= 15 is 0 Å². The Hall–Kier alpha value is -1.67. The number of fused-ring (bicyclic) bond motifs is 1. The maximum absolute atomic E-state index is 8.94. The molecule has 0 bridgehead atoms. The molecule has 0 saturated carbocycles. The van der Waals surface area contributed by atoms with E-state index in [0.717, 1.165) is 40.7 Å². The predicted molar refractivity (Wildman–Crippen MR) is 77.4 cm³/mol. The van der Waals surface area contributed by atoms with Crippen LogP contribution >= 0.6 is 23.3 Å². The molecule has 0 amide bonds. The number of aryl methyl sites for hydroxylation is 2. The zero-order valence-electron chi connectivity index (χ0n) is 10.6. The molecule has 0 spiro atoms. The minimum Gasteiger partial charge on any atom is -0.409 e. The summed E-state index contributed by atoms with van der Waals surface area (Å²) < 4.78 is 4.76. The minimum atomic E-state index is 0.0814. The average Bonchev–Trinajstić information content (AvgIpc) is 2.98. The van der Waals surface area contributed by atoms with Crippen LogP contribution in [-0.2, 0) is 12.8 Å². The summed E-state index contributed by atoms with van der Waals surface area (Å²) in [6, 6.07) is 1.99. The molecule has 1 aliphatic rings. The van der Waals surface area contributed by atoms with E-state index in [2.05, 4.69) is 19.5 Å². The molecule has 0 saturated heterocycles. The summed E-state index contributed by atoms with van der Waals surface area (Å²) in [4.78, 5) is 8.82. The Balaban J connectivity index is 2.05. The van der Waals surface area contributed by atoms with E-state index in [4.69, 9.17) is 10.9 Å². The fourth-order valence-corrected chi connectivity index (χ4v) is 3.71. The van der Waals surface area contributed by atoms with E-state index in [1.807, 2.05) is 6.07 Å². The first-order chi connectivity index (χ1) is 9.78. The van der Waals surface area contributed by atoms with Gasteiger partial charge in [0.1, 0.15) is 11.4 Å². The van der Waals surface area contributed by atoms with Gasteiger partial charge in [0, 0.05) is 5.69 Å². The lowest BCUT2D eigenvalue weighted by molar-refractivity contribution is 0.318. The van der Waals surface area contributed by atoms with Crippen LogP contribution in [0, 0.1) is 0 Å². The summed E-state index contributed by atoms with van der Waals surface area (Å²) in [6.45, 7) is 0. The average molecular weight is 307 g/mol. The van der Waals surface area contributed by atoms with Gasteiger partial charge in [-0.05, 0) is 60.6 Å². The second-order valence-electron chi connectivity index (χ2n) is 4.45. The third kappa shape index (κ3) is 2.61. The van der Waals surface area contributed by atoms with Crippen molar-refractivity contribution in [1.82, 2.24) is 14.3 Å². The first-order valence-corrected chi connectivity index (χ1v) is 7.82. The first-order valence-electron chi connectivity index (χ1n) is 6.23. The summed E-state index contributed by atoms with van der Waals surface area (Å²) in [5.74, 6) is 0.0814. The Kier molecular flexibility index (Phi) is 3.83. The molecule has 8 heteroatoms. The maximum Gasteiger partial charge on any atom is 0.176 e. The van der Waals surface area contributed by atoms with Crippen LogP contribution in [-0.4, -0.2) is 25.4 Å². The molecule has 6 nitrogen and oxygen atoms in total. The molecule has 0 radical (unpaired) electrons. The molecule has 0 fully saturated rings. The van der Waals surface area contributed by atoms with Crippen LogP contribution < -0.4 is 5.73 Å². The number of hydrogen-bond donors (Lipinski definition) is 2. The molecule has 0 aliphatic heterocycles. The van der Waals surface area contributed by atoms with E-state index < -0.39 is 0 Å². The normalized spacial score (nSPS) is 15.1. The lowest BCUT2D eigenvalue weighted by Gasteiger charge is -2.17. The van der Waals surface area contributed by atoms with Gasteiger partial charge in [-0.15, -0.1) is 0 Å². The van der Waals surface area contributed by atoms with Crippen molar-refractivity contribution in [3.63, 3.8) is 0 Å². The first kappa shape index (κ1) is 13.3. The van der Waals surface area contributed by atoms with Gasteiger partial charge in [0.15, 0.2) is 10.2 Å². The molecule has 0 aromatic carbocycles. The van der Waals surface area contributed by atoms with E-state index in [9.17, 15) is 0 Å². The topological polar surface area (TPSA) is 97.3 Å². The lowest BCUT2D eigenvalue weighted by atomic mass is 9.95. The Morgan fingerprint density at radius 2 is 2.25 bits per heavy atom. The molecule has 2 heterocycles. The molecule has 3 rings (SSSR count). The fourth-order valence-electron chi connectivity index (χ4n) is 2.22. The SMILES string of the molecule is N/C(=N/O)c1cc2c(nc1Sc1ncns1)CCCC2. The highest BCUT2D eigenvalue weighted by Crippen LogP contribution is 2.32. The standard InChI is InChI=1S/C12H13N5OS2/c13-10(17-18)8-5-7-3-1-2-4-9(7)16-11(8)19-12-14-6-15-20-12/h5-6,18H,1-4H2,(H2,13,17). The van der Waals surface area contributed by atoms with Gasteiger partial charge in [-0.2, -0.15) is 4.37 Å². The Labute approximate surface area is 124 Å². The monoisotopic (exact) mass is 307 g/mol. The molecule has 20 heavy (non-hydrogen) atoms. The van der Waals surface area contributed by atoms with Crippen molar-refractivity contribution in [2.75, 3.05) is 0 Å². The zero-order valence-corrected chi connectivity index (χ0v) is 12.2. The smallest absolute Gasteiger partial charge is 0.176 e. The summed E-state index contributed by atoms with van der Waals surface area (Å²) in [6.07, 6.45) is 5.81. The minimum absolute atomic E-state index is 0.0814. The van der Waals surface area contributed by atoms with Crippen molar-refractivity contribution in [1.29, 1.82) is 0 Å². The summed E-state index contributed by atoms with van der Waals surface area (Å²) in [7, 11) is 0. The van der Waals surface area contributed by atoms with Gasteiger partial charge in [-0.1, -0.05) is 5.16 Å². The Bertz CT molecular complexity index is 642. The molecular formula is C12H13N5OS2. The largest absolute Gasteiger partial charge is 0.409 e. The molecule has 0 unspecified atom stereocenters. The number of nitrogens with two attached hydrogens (primary N) is 1. The molecule has 2 aromatic heterocycles. The quantitative estimate of drug-likeness (QED) is 0.390. The second-order valence-corrected chi connectivity index (χ2v) is 6.46. The van der Waals surface area contributed by atoms with Crippen LogP contribution in [0.15, 0.2) is 26.9 Å². The van der Waals surface area contributed by atoms with E-state index in [-0.39, 0.29) is 5.84 Å². The van der Waals surface area contributed by atoms with E-state index in [0.29, 0.717) is 5.56 Å². The van der Waals surface area contributed by atoms with Gasteiger partial charge < -0.3 is 10.9 Å². The molecule has 0 atom stereocenters. The van der Waals surface area contributed by atoms with Crippen LogP contribution in [0.5, 0.6) is 0 Å². The van der Waals surface area contributed by atoms with Crippen LogP contribution in [0.25, 0.3) is 0 Å². The highest BCUT2D eigenvalue weighted by molar-refractivity contribution is 8.01. The van der Waals surface area contributed by atoms with Crippen molar-refractivity contribution in [2.45, 2.75) is 35.0 Å². The highest BCUT2D eigenvalue weighted by Gasteiger charge is 2.18. The third-order valence-electron chi connectivity index (χ3n) is 3.17. The number of pyridine rings is 1. The highest BCUT2D eigenvalue weighted by atomic mass is 32.2. The van der Waals surface area contributed by atoms with Crippen LogP contribution in [0.4, 0.5) is 0 Å². The van der Waals surface area contributed by atoms with Crippen molar-refractivity contribution in [3.05, 3.63) is 29.2 Å². The number of amidine groups is 1. The summed E-state index contributed by atoms with van der Waals surface area (Å²) >= 11 is 2.70. The van der Waals surface area contributed by atoms with E-state index in [1.54, 1.807) is 0 Å². The van der Waals surface area contributed by atoms with E-state index in [1.165, 1.54) is 35.2 Å². The maximum atomic E-state index is 8.94. The van der Waals surface area contributed by atoms with Crippen molar-refractivity contribution in [3.8, 4) is 0 Å². The van der Waals surface area contributed by atoms with Gasteiger partial charge in [-0.3, -0.25) is 0 Å². The fraction of sp³-hybridized carbons (Fsp3) is 0.333. The van der Waals surface area contributed by atoms with Gasteiger partial charge in [-0.25, -0.2) is 9.97 Å². The van der Waals surface area contributed by atoms with Gasteiger partial charge >= 0.3 is 0 Å². The predicted octanol–water partition coefficient (Wildman–Crippen LogP) is 2.06. The lowest BCUT2D eigenvalue weighted by Crippen LogP contribution is -2.17. The summed E-state index contributed by atoms with van der Waals surface area (Å²) in [5.41, 5.74) is 8.73. The van der Waals surface area contributed by atoms with Crippen molar-refractivity contribution in [2.24, 2.45) is 10.9 Å². The van der Waals surface area contributed by atoms with Crippen molar-refractivity contribution >= 4 is 29.1 Å². The van der Waals surface area contributed by atoms with Gasteiger partial charge in [0.25, 0.3) is 0 Å². The Morgan fingerprint density at radius 1 is 1.40 bits per heavy atom. The Morgan fingerprint density at radius 3 is 3.00 bits per heavy atom. The molecule has 104 valence electrons. The molecule has 3 N–H and O–H groups in total. The number of rotatable bonds is 3. The number of nitrogens with zero attached hydrogens (tertiary/aromatic N) is 4.